The molecule has 11 rings (SSSR count). The van der Waals surface area contributed by atoms with E-state index in [1.807, 2.05) is 24.3 Å². The van der Waals surface area contributed by atoms with E-state index in [9.17, 15) is 5.26 Å². The van der Waals surface area contributed by atoms with Crippen LogP contribution in [0.4, 0.5) is 0 Å². The number of fused-ring (bicyclic) bond motifs is 7. The summed E-state index contributed by atoms with van der Waals surface area (Å²) in [6.45, 7) is 0. The number of nitrogens with two attached hydrogens (primary N) is 1. The minimum absolute atomic E-state index is 0.376. The van der Waals surface area contributed by atoms with Crippen LogP contribution in [0.25, 0.3) is 38.6 Å². The number of hydrogen-bond donors (Lipinski definition) is 1. The van der Waals surface area contributed by atoms with Crippen LogP contribution in [0.5, 0.6) is 0 Å². The van der Waals surface area contributed by atoms with E-state index in [1.165, 1.54) is 60.8 Å². The van der Waals surface area contributed by atoms with E-state index in [4.69, 9.17) is 5.73 Å². The number of para-hydroxylation sites is 1. The van der Waals surface area contributed by atoms with Gasteiger partial charge in [0.25, 0.3) is 0 Å². The molecule has 2 atom stereocenters. The molecule has 0 amide bonds. The second-order valence-electron chi connectivity index (χ2n) is 15.9. The first-order chi connectivity index (χ1) is 28.1. The van der Waals surface area contributed by atoms with Crippen molar-refractivity contribution in [3.8, 4) is 22.9 Å². The Morgan fingerprint density at radius 1 is 0.544 bits per heavy atom. The minimum Gasteiger partial charge on any atom is -0.321 e. The Labute approximate surface area is 332 Å². The molecule has 0 saturated heterocycles. The average molecular weight is 730 g/mol. The van der Waals surface area contributed by atoms with E-state index >= 15 is 0 Å². The van der Waals surface area contributed by atoms with Gasteiger partial charge >= 0.3 is 0 Å². The van der Waals surface area contributed by atoms with Crippen molar-refractivity contribution in [1.29, 1.82) is 5.26 Å². The van der Waals surface area contributed by atoms with Crippen molar-refractivity contribution < 1.29 is 0 Å². The van der Waals surface area contributed by atoms with Crippen molar-refractivity contribution >= 4 is 21.8 Å². The maximum atomic E-state index is 9.92. The molecule has 1 unspecified atom stereocenters. The van der Waals surface area contributed by atoms with Gasteiger partial charge in [0.05, 0.1) is 33.6 Å². The molecule has 9 aromatic rings. The zero-order valence-electron chi connectivity index (χ0n) is 31.4. The van der Waals surface area contributed by atoms with E-state index in [-0.39, 0.29) is 5.41 Å². The maximum Gasteiger partial charge on any atom is 0.0991 e. The summed E-state index contributed by atoms with van der Waals surface area (Å²) in [6, 6.07) is 74.7. The smallest absolute Gasteiger partial charge is 0.0991 e. The fraction of sp³-hybridized carbons (Fsp3) is 0.0926. The zero-order valence-corrected chi connectivity index (χ0v) is 31.4. The van der Waals surface area contributed by atoms with Gasteiger partial charge in [0.2, 0.25) is 0 Å². The number of rotatable bonds is 7. The van der Waals surface area contributed by atoms with Crippen molar-refractivity contribution in [2.75, 3.05) is 0 Å². The third-order valence-electron chi connectivity index (χ3n) is 13.1. The lowest BCUT2D eigenvalue weighted by molar-refractivity contribution is 0.547. The molecular weight excluding hydrogens is 691 g/mol. The van der Waals surface area contributed by atoms with E-state index in [2.05, 4.69) is 187 Å². The van der Waals surface area contributed by atoms with Gasteiger partial charge in [-0.3, -0.25) is 0 Å². The standard InChI is InChI=1S/C54H39N3/c55-35-38-17-14-24-42(32-38)52(36-53(52,56)39-18-4-1-5-19-39)34-37-16-15-25-43(33-37)57-49-29-13-11-27-45(49)47-31-30-46-44-26-10-12-28-48(44)54(50(46)51(47)57,40-20-6-2-7-21-40)41-22-8-3-9-23-41/h1-33H,34,36,56H2/t52-,53?/m1/s1. The molecule has 0 radical (unpaired) electrons. The molecule has 3 heteroatoms. The lowest BCUT2D eigenvalue weighted by Crippen LogP contribution is -2.32. The van der Waals surface area contributed by atoms with Gasteiger partial charge in [-0.2, -0.15) is 5.26 Å². The summed E-state index contributed by atoms with van der Waals surface area (Å²) in [7, 11) is 0. The number of aromatic nitrogens is 1. The summed E-state index contributed by atoms with van der Waals surface area (Å²) in [6.07, 6.45) is 1.53. The molecule has 2 N–H and O–H groups in total. The molecule has 1 saturated carbocycles. The summed E-state index contributed by atoms with van der Waals surface area (Å²) >= 11 is 0. The molecule has 270 valence electrons. The van der Waals surface area contributed by atoms with E-state index in [1.54, 1.807) is 0 Å². The van der Waals surface area contributed by atoms with Crippen molar-refractivity contribution in [2.45, 2.75) is 29.2 Å². The second kappa shape index (κ2) is 12.5. The quantitative estimate of drug-likeness (QED) is 0.178. The first kappa shape index (κ1) is 33.4. The molecule has 0 aliphatic heterocycles. The van der Waals surface area contributed by atoms with Crippen LogP contribution in [0.1, 0.15) is 50.9 Å². The number of nitrogens with zero attached hydrogens (tertiary/aromatic N) is 2. The average Bonchev–Trinajstić information content (AvgIpc) is 3.59. The van der Waals surface area contributed by atoms with Crippen molar-refractivity contribution in [3.63, 3.8) is 0 Å². The van der Waals surface area contributed by atoms with Gasteiger partial charge in [-0.05, 0) is 87.7 Å². The number of nitriles is 1. The molecule has 2 aliphatic carbocycles. The molecule has 0 bridgehead atoms. The SMILES string of the molecule is N#Cc1cccc([C@@]2(Cc3cccc(-n4c5ccccc5c5ccc6c(c54)C(c4ccccc4)(c4ccccc4)c4ccccc4-6)c3)CC2(N)c2ccccc2)c1. The highest BCUT2D eigenvalue weighted by Crippen LogP contribution is 2.64. The topological polar surface area (TPSA) is 54.7 Å². The Morgan fingerprint density at radius 2 is 1.18 bits per heavy atom. The molecule has 2 aliphatic rings. The van der Waals surface area contributed by atoms with Crippen LogP contribution < -0.4 is 5.73 Å². The third kappa shape index (κ3) is 4.69. The molecule has 8 aromatic carbocycles. The fourth-order valence-corrected chi connectivity index (χ4v) is 10.5. The Morgan fingerprint density at radius 3 is 1.91 bits per heavy atom. The Balaban J connectivity index is 1.18. The highest BCUT2D eigenvalue weighted by molar-refractivity contribution is 6.13. The fourth-order valence-electron chi connectivity index (χ4n) is 10.5. The van der Waals surface area contributed by atoms with Gasteiger partial charge in [-0.1, -0.05) is 170 Å². The van der Waals surface area contributed by atoms with Crippen molar-refractivity contribution in [3.05, 3.63) is 245 Å². The monoisotopic (exact) mass is 729 g/mol. The van der Waals surface area contributed by atoms with Gasteiger partial charge in [-0.15, -0.1) is 0 Å². The molecule has 0 spiro atoms. The van der Waals surface area contributed by atoms with Crippen LogP contribution in [0.2, 0.25) is 0 Å². The summed E-state index contributed by atoms with van der Waals surface area (Å²) in [5.41, 5.74) is 21.2. The van der Waals surface area contributed by atoms with Gasteiger partial charge in [0.1, 0.15) is 0 Å². The van der Waals surface area contributed by atoms with Gasteiger partial charge in [0.15, 0.2) is 0 Å². The van der Waals surface area contributed by atoms with Crippen molar-refractivity contribution in [1.82, 2.24) is 4.57 Å². The summed E-state index contributed by atoms with van der Waals surface area (Å²) in [4.78, 5) is 0. The number of hydrogen-bond acceptors (Lipinski definition) is 2. The summed E-state index contributed by atoms with van der Waals surface area (Å²) in [5.74, 6) is 0. The molecule has 57 heavy (non-hydrogen) atoms. The van der Waals surface area contributed by atoms with Gasteiger partial charge < -0.3 is 10.3 Å². The Kier molecular flexibility index (Phi) is 7.32. The van der Waals surface area contributed by atoms with E-state index in [0.717, 1.165) is 29.7 Å². The number of benzene rings is 8. The minimum atomic E-state index is -0.567. The van der Waals surface area contributed by atoms with Crippen LogP contribution >= 0.6 is 0 Å². The molecule has 3 nitrogen and oxygen atoms in total. The van der Waals surface area contributed by atoms with Gasteiger partial charge in [-0.25, -0.2) is 0 Å². The van der Waals surface area contributed by atoms with Crippen LogP contribution in [0, 0.1) is 11.3 Å². The lowest BCUT2D eigenvalue weighted by Gasteiger charge is -2.34. The second-order valence-corrected chi connectivity index (χ2v) is 15.9. The first-order valence-corrected chi connectivity index (χ1v) is 19.8. The van der Waals surface area contributed by atoms with Crippen LogP contribution in [0.15, 0.2) is 200 Å². The van der Waals surface area contributed by atoms with Gasteiger partial charge in [0, 0.05) is 27.4 Å². The highest BCUT2D eigenvalue weighted by atomic mass is 15.0. The Bertz CT molecular complexity index is 3010. The maximum absolute atomic E-state index is 9.92. The predicted molar refractivity (Wildman–Crippen MR) is 232 cm³/mol. The summed E-state index contributed by atoms with van der Waals surface area (Å²) in [5, 5.41) is 12.4. The molecular formula is C54H39N3. The molecule has 1 heterocycles. The predicted octanol–water partition coefficient (Wildman–Crippen LogP) is 11.8. The Hall–Kier alpha value is -6.99. The highest BCUT2D eigenvalue weighted by Gasteiger charge is 2.66. The van der Waals surface area contributed by atoms with Crippen molar-refractivity contribution in [2.24, 2.45) is 5.73 Å². The van der Waals surface area contributed by atoms with E-state index in [0.29, 0.717) is 5.56 Å². The van der Waals surface area contributed by atoms with Crippen LogP contribution in [-0.4, -0.2) is 4.57 Å². The van der Waals surface area contributed by atoms with Crippen LogP contribution in [0.3, 0.4) is 0 Å². The molecule has 1 aromatic heterocycles. The lowest BCUT2D eigenvalue weighted by atomic mass is 9.67. The molecule has 1 fully saturated rings. The van der Waals surface area contributed by atoms with E-state index < -0.39 is 11.0 Å². The largest absolute Gasteiger partial charge is 0.321 e. The normalized spacial score (nSPS) is 18.9. The first-order valence-electron chi connectivity index (χ1n) is 19.8. The summed E-state index contributed by atoms with van der Waals surface area (Å²) < 4.78 is 2.52. The zero-order chi connectivity index (χ0) is 38.2. The third-order valence-corrected chi connectivity index (χ3v) is 13.1. The van der Waals surface area contributed by atoms with Crippen LogP contribution in [-0.2, 0) is 22.8 Å².